The van der Waals surface area contributed by atoms with Crippen LogP contribution in [-0.2, 0) is 11.3 Å². The fourth-order valence-electron chi connectivity index (χ4n) is 4.46. The summed E-state index contributed by atoms with van der Waals surface area (Å²) in [5.74, 6) is 0.861. The summed E-state index contributed by atoms with van der Waals surface area (Å²) in [5, 5.41) is 3.13. The first kappa shape index (κ1) is 24.0. The molecule has 1 fully saturated rings. The number of anilines is 1. The number of likely N-dealkylation sites (N-methyl/N-ethyl adjacent to an activating group) is 1. The van der Waals surface area contributed by atoms with Gasteiger partial charge in [0.05, 0.1) is 11.3 Å². The number of nitrogens with one attached hydrogen (secondary N) is 1. The van der Waals surface area contributed by atoms with E-state index < -0.39 is 0 Å². The Hall–Kier alpha value is -3.19. The third kappa shape index (κ3) is 5.83. The fourth-order valence-corrected chi connectivity index (χ4v) is 4.46. The van der Waals surface area contributed by atoms with Crippen LogP contribution in [0, 0.1) is 18.7 Å². The maximum Gasteiger partial charge on any atom is 0.229 e. The Balaban J connectivity index is 1.24. The first-order valence-electron chi connectivity index (χ1n) is 12.1. The highest BCUT2D eigenvalue weighted by Gasteiger charge is 2.26. The van der Waals surface area contributed by atoms with Gasteiger partial charge in [-0.1, -0.05) is 30.3 Å². The molecule has 1 aromatic heterocycles. The molecule has 0 aliphatic carbocycles. The van der Waals surface area contributed by atoms with Gasteiger partial charge in [-0.3, -0.25) is 9.69 Å². The Morgan fingerprint density at radius 1 is 1.15 bits per heavy atom. The third-order valence-corrected chi connectivity index (χ3v) is 6.51. The normalized spacial score (nSPS) is 14.8. The monoisotopic (exact) mass is 464 g/mol. The van der Waals surface area contributed by atoms with E-state index in [-0.39, 0.29) is 17.6 Å². The lowest BCUT2D eigenvalue weighted by Crippen LogP contribution is -2.42. The number of halogens is 1. The summed E-state index contributed by atoms with van der Waals surface area (Å²) in [7, 11) is 0. The van der Waals surface area contributed by atoms with Gasteiger partial charge < -0.3 is 14.6 Å². The number of rotatable bonds is 9. The first-order valence-corrected chi connectivity index (χ1v) is 12.1. The molecule has 1 N–H and O–H groups in total. The number of aromatic nitrogens is 1. The lowest BCUT2D eigenvalue weighted by molar-refractivity contribution is -0.126. The number of likely N-dealkylation sites (tertiary alicyclic amines) is 1. The van der Waals surface area contributed by atoms with Crippen molar-refractivity contribution in [3.05, 3.63) is 71.9 Å². The number of carbonyl (C=O) groups excluding carboxylic acids is 1. The van der Waals surface area contributed by atoms with Gasteiger partial charge in [-0.15, -0.1) is 0 Å². The molecule has 34 heavy (non-hydrogen) atoms. The molecule has 0 radical (unpaired) electrons. The average molecular weight is 465 g/mol. The van der Waals surface area contributed by atoms with Gasteiger partial charge in [0.1, 0.15) is 11.6 Å². The summed E-state index contributed by atoms with van der Waals surface area (Å²) in [5.41, 5.74) is 2.37. The molecule has 2 aromatic carbocycles. The zero-order chi connectivity index (χ0) is 23.9. The number of amides is 1. The van der Waals surface area contributed by atoms with Crippen molar-refractivity contribution < 1.29 is 13.6 Å². The minimum Gasteiger partial charge on any atom is -0.441 e. The van der Waals surface area contributed by atoms with Crippen molar-refractivity contribution in [3.8, 4) is 11.5 Å². The summed E-state index contributed by atoms with van der Waals surface area (Å²) in [6.07, 6.45) is 1.64. The number of hydrogen-bond acceptors (Lipinski definition) is 5. The van der Waals surface area contributed by atoms with Crippen LogP contribution in [-0.4, -0.2) is 48.5 Å². The number of para-hydroxylation sites is 1. The number of piperidine rings is 1. The Morgan fingerprint density at radius 2 is 1.85 bits per heavy atom. The Bertz CT molecular complexity index is 1080. The van der Waals surface area contributed by atoms with Crippen molar-refractivity contribution in [2.45, 2.75) is 33.2 Å². The first-order chi connectivity index (χ1) is 16.5. The molecule has 1 saturated heterocycles. The molecule has 0 unspecified atom stereocenters. The van der Waals surface area contributed by atoms with E-state index in [9.17, 15) is 9.18 Å². The summed E-state index contributed by atoms with van der Waals surface area (Å²) in [6.45, 7) is 8.61. The minimum absolute atomic E-state index is 0.0374. The zero-order valence-electron chi connectivity index (χ0n) is 20.0. The van der Waals surface area contributed by atoms with E-state index in [0.29, 0.717) is 30.3 Å². The zero-order valence-corrected chi connectivity index (χ0v) is 20.0. The second-order valence-electron chi connectivity index (χ2n) is 8.76. The second-order valence-corrected chi connectivity index (χ2v) is 8.76. The van der Waals surface area contributed by atoms with Crippen LogP contribution in [0.2, 0.25) is 0 Å². The molecule has 1 amide bonds. The largest absolute Gasteiger partial charge is 0.441 e. The molecule has 1 aliphatic rings. The number of oxazole rings is 1. The van der Waals surface area contributed by atoms with Gasteiger partial charge in [0.15, 0.2) is 0 Å². The van der Waals surface area contributed by atoms with Crippen molar-refractivity contribution in [2.75, 3.05) is 37.6 Å². The highest BCUT2D eigenvalue weighted by molar-refractivity contribution is 5.78. The molecule has 2 heterocycles. The van der Waals surface area contributed by atoms with Gasteiger partial charge in [-0.25, -0.2) is 9.37 Å². The van der Waals surface area contributed by atoms with Crippen LogP contribution in [0.15, 0.2) is 59.0 Å². The molecular weight excluding hydrogens is 431 g/mol. The highest BCUT2D eigenvalue weighted by atomic mass is 19.1. The van der Waals surface area contributed by atoms with Gasteiger partial charge >= 0.3 is 0 Å². The Morgan fingerprint density at radius 3 is 2.56 bits per heavy atom. The number of hydrogen-bond donors (Lipinski definition) is 1. The van der Waals surface area contributed by atoms with Gasteiger partial charge in [-0.2, -0.15) is 0 Å². The maximum atomic E-state index is 14.1. The van der Waals surface area contributed by atoms with Crippen LogP contribution in [0.4, 0.5) is 10.1 Å². The van der Waals surface area contributed by atoms with Crippen molar-refractivity contribution in [1.82, 2.24) is 15.2 Å². The summed E-state index contributed by atoms with van der Waals surface area (Å²) < 4.78 is 19.8. The van der Waals surface area contributed by atoms with Crippen molar-refractivity contribution in [1.29, 1.82) is 0 Å². The van der Waals surface area contributed by atoms with Crippen LogP contribution in [0.3, 0.4) is 0 Å². The molecule has 3 aromatic rings. The van der Waals surface area contributed by atoms with Gasteiger partial charge in [-0.05, 0) is 64.0 Å². The lowest BCUT2D eigenvalue weighted by Gasteiger charge is -2.31. The van der Waals surface area contributed by atoms with Crippen LogP contribution in [0.1, 0.15) is 31.2 Å². The van der Waals surface area contributed by atoms with E-state index in [1.165, 1.54) is 11.8 Å². The molecule has 0 spiro atoms. The Kier molecular flexibility index (Phi) is 7.95. The van der Waals surface area contributed by atoms with Crippen molar-refractivity contribution in [2.24, 2.45) is 5.92 Å². The van der Waals surface area contributed by atoms with Crippen LogP contribution < -0.4 is 10.2 Å². The average Bonchev–Trinajstić information content (AvgIpc) is 3.22. The van der Waals surface area contributed by atoms with Crippen LogP contribution in [0.25, 0.3) is 11.5 Å². The SMILES string of the molecule is CCN(CCNC(=O)C1CCN(Cc2nc(-c3ccccc3F)oc2C)CC1)c1ccccc1. The second kappa shape index (κ2) is 11.3. The minimum atomic E-state index is -0.340. The molecule has 180 valence electrons. The molecule has 7 heteroatoms. The number of nitrogens with zero attached hydrogens (tertiary/aromatic N) is 3. The number of carbonyl (C=O) groups is 1. The summed E-state index contributed by atoms with van der Waals surface area (Å²) in [6, 6.07) is 16.8. The molecule has 4 rings (SSSR count). The highest BCUT2D eigenvalue weighted by Crippen LogP contribution is 2.26. The molecule has 0 bridgehead atoms. The van der Waals surface area contributed by atoms with E-state index in [0.717, 1.165) is 44.7 Å². The van der Waals surface area contributed by atoms with Crippen molar-refractivity contribution in [3.63, 3.8) is 0 Å². The summed E-state index contributed by atoms with van der Waals surface area (Å²) in [4.78, 5) is 21.8. The van der Waals surface area contributed by atoms with Gasteiger partial charge in [0.25, 0.3) is 0 Å². The maximum absolute atomic E-state index is 14.1. The standard InChI is InChI=1S/C27H33FN4O2/c1-3-32(22-9-5-4-6-10-22)18-15-29-26(33)21-13-16-31(17-14-21)19-25-20(2)34-27(30-25)23-11-7-8-12-24(23)28/h4-12,21H,3,13-19H2,1-2H3,(H,29,33). The molecular formula is C27H33FN4O2. The predicted molar refractivity (Wildman–Crippen MR) is 132 cm³/mol. The van der Waals surface area contributed by atoms with E-state index in [1.54, 1.807) is 18.2 Å². The Labute approximate surface area is 200 Å². The quantitative estimate of drug-likeness (QED) is 0.500. The smallest absolute Gasteiger partial charge is 0.229 e. The summed E-state index contributed by atoms with van der Waals surface area (Å²) >= 11 is 0. The number of benzene rings is 2. The lowest BCUT2D eigenvalue weighted by atomic mass is 9.96. The van der Waals surface area contributed by atoms with Gasteiger partial charge in [0, 0.05) is 37.8 Å². The predicted octanol–water partition coefficient (Wildman–Crippen LogP) is 4.64. The fraction of sp³-hybridized carbons (Fsp3) is 0.407. The number of aryl methyl sites for hydroxylation is 1. The topological polar surface area (TPSA) is 61.6 Å². The molecule has 6 nitrogen and oxygen atoms in total. The van der Waals surface area contributed by atoms with Crippen molar-refractivity contribution >= 4 is 11.6 Å². The van der Waals surface area contributed by atoms with Crippen LogP contribution >= 0.6 is 0 Å². The van der Waals surface area contributed by atoms with E-state index in [4.69, 9.17) is 4.42 Å². The van der Waals surface area contributed by atoms with E-state index in [1.807, 2.05) is 25.1 Å². The molecule has 0 atom stereocenters. The van der Waals surface area contributed by atoms with E-state index >= 15 is 0 Å². The molecule has 0 saturated carbocycles. The molecule has 1 aliphatic heterocycles. The van der Waals surface area contributed by atoms with Gasteiger partial charge in [0.2, 0.25) is 11.8 Å². The third-order valence-electron chi connectivity index (χ3n) is 6.51. The van der Waals surface area contributed by atoms with Crippen LogP contribution in [0.5, 0.6) is 0 Å². The van der Waals surface area contributed by atoms with E-state index in [2.05, 4.69) is 39.2 Å².